The molecule has 0 saturated carbocycles. The Morgan fingerprint density at radius 1 is 0.929 bits per heavy atom. The van der Waals surface area contributed by atoms with Gasteiger partial charge >= 0.3 is 0 Å². The van der Waals surface area contributed by atoms with Crippen molar-refractivity contribution in [3.05, 3.63) is 107 Å². The Morgan fingerprint density at radius 2 is 1.62 bits per heavy atom. The van der Waals surface area contributed by atoms with Gasteiger partial charge in [-0.15, -0.1) is 0 Å². The van der Waals surface area contributed by atoms with Crippen LogP contribution >= 0.6 is 0 Å². The molecular formula is C33H36N4O5. The number of aliphatic hydroxyl groups is 1. The van der Waals surface area contributed by atoms with Gasteiger partial charge in [0.1, 0.15) is 5.69 Å². The molecule has 2 N–H and O–H groups in total. The van der Waals surface area contributed by atoms with Crippen LogP contribution in [0.3, 0.4) is 0 Å². The Morgan fingerprint density at radius 3 is 2.36 bits per heavy atom. The van der Waals surface area contributed by atoms with Gasteiger partial charge in [-0.1, -0.05) is 67.6 Å². The summed E-state index contributed by atoms with van der Waals surface area (Å²) >= 11 is 0. The largest absolute Gasteiger partial charge is 0.392 e. The van der Waals surface area contributed by atoms with Crippen molar-refractivity contribution in [1.82, 2.24) is 20.2 Å². The summed E-state index contributed by atoms with van der Waals surface area (Å²) in [6, 6.07) is 23.4. The molecule has 42 heavy (non-hydrogen) atoms. The monoisotopic (exact) mass is 568 g/mol. The second-order valence-electron chi connectivity index (χ2n) is 10.9. The standard InChI is InChI=1S/C33H36N4O5/c1-22-30(20-37-14-16-40-17-15-37)41-33(42-31(22)25-10-8-24(21-38)9-11-25)26-12-6-23(7-13-26)18-35-32(39)29-19-34-27-4-2-3-5-28(27)36-29/h2-13,19,22,30-31,33,38H,14-18,20-21H2,1H3,(H,35,39)/t22-,30+,31+,33+/m0/s1. The van der Waals surface area contributed by atoms with Gasteiger partial charge in [-0.25, -0.2) is 4.98 Å². The third-order valence-corrected chi connectivity index (χ3v) is 8.05. The summed E-state index contributed by atoms with van der Waals surface area (Å²) in [7, 11) is 0. The summed E-state index contributed by atoms with van der Waals surface area (Å²) < 4.78 is 18.7. The minimum Gasteiger partial charge on any atom is -0.392 e. The van der Waals surface area contributed by atoms with Crippen LogP contribution in [0.1, 0.15) is 52.1 Å². The van der Waals surface area contributed by atoms with Gasteiger partial charge in [0.05, 0.1) is 49.3 Å². The van der Waals surface area contributed by atoms with Crippen molar-refractivity contribution in [2.75, 3.05) is 32.8 Å². The van der Waals surface area contributed by atoms with Gasteiger partial charge < -0.3 is 24.6 Å². The molecule has 9 nitrogen and oxygen atoms in total. The zero-order chi connectivity index (χ0) is 28.9. The predicted molar refractivity (Wildman–Crippen MR) is 157 cm³/mol. The second-order valence-corrected chi connectivity index (χ2v) is 10.9. The van der Waals surface area contributed by atoms with Crippen LogP contribution < -0.4 is 5.32 Å². The minimum absolute atomic E-state index is 0.00914. The molecule has 0 bridgehead atoms. The molecule has 4 aromatic rings. The van der Waals surface area contributed by atoms with E-state index in [2.05, 4.69) is 27.1 Å². The zero-order valence-corrected chi connectivity index (χ0v) is 23.7. The fraction of sp³-hybridized carbons (Fsp3) is 0.364. The number of hydrogen-bond donors (Lipinski definition) is 2. The average molecular weight is 569 g/mol. The summed E-state index contributed by atoms with van der Waals surface area (Å²) in [5, 5.41) is 12.4. The molecule has 0 aliphatic carbocycles. The van der Waals surface area contributed by atoms with Crippen LogP contribution in [0.25, 0.3) is 11.0 Å². The normalized spacial score (nSPS) is 23.1. The van der Waals surface area contributed by atoms with E-state index in [1.165, 1.54) is 6.20 Å². The fourth-order valence-corrected chi connectivity index (χ4v) is 5.50. The molecule has 0 radical (unpaired) electrons. The lowest BCUT2D eigenvalue weighted by Gasteiger charge is -2.43. The number of para-hydroxylation sites is 2. The van der Waals surface area contributed by atoms with Gasteiger partial charge in [-0.05, 0) is 28.8 Å². The number of aromatic nitrogens is 2. The summed E-state index contributed by atoms with van der Waals surface area (Å²) in [6.45, 7) is 6.59. The Bertz CT molecular complexity index is 1490. The zero-order valence-electron chi connectivity index (χ0n) is 23.7. The van der Waals surface area contributed by atoms with E-state index in [-0.39, 0.29) is 36.3 Å². The van der Waals surface area contributed by atoms with Gasteiger partial charge in [0.15, 0.2) is 6.29 Å². The Balaban J connectivity index is 1.14. The molecule has 2 aliphatic heterocycles. The molecular weight excluding hydrogens is 532 g/mol. The quantitative estimate of drug-likeness (QED) is 0.326. The molecule has 9 heteroatoms. The molecule has 3 heterocycles. The first-order valence-corrected chi connectivity index (χ1v) is 14.5. The number of amides is 1. The van der Waals surface area contributed by atoms with Crippen LogP contribution in [0.5, 0.6) is 0 Å². The van der Waals surface area contributed by atoms with Gasteiger partial charge in [0, 0.05) is 37.7 Å². The molecule has 2 saturated heterocycles. The molecule has 4 atom stereocenters. The minimum atomic E-state index is -0.536. The van der Waals surface area contributed by atoms with E-state index in [1.54, 1.807) is 0 Å². The lowest BCUT2D eigenvalue weighted by Crippen LogP contribution is -2.47. The molecule has 1 amide bonds. The number of hydrogen-bond acceptors (Lipinski definition) is 8. The number of nitrogens with zero attached hydrogens (tertiary/aromatic N) is 3. The summed E-state index contributed by atoms with van der Waals surface area (Å²) in [4.78, 5) is 23.9. The van der Waals surface area contributed by atoms with Gasteiger partial charge in [-0.3, -0.25) is 14.7 Å². The highest BCUT2D eigenvalue weighted by molar-refractivity contribution is 5.93. The number of benzene rings is 3. The molecule has 3 aromatic carbocycles. The van der Waals surface area contributed by atoms with Crippen molar-refractivity contribution in [1.29, 1.82) is 0 Å². The molecule has 1 aromatic heterocycles. The summed E-state index contributed by atoms with van der Waals surface area (Å²) in [5.41, 5.74) is 5.53. The number of ether oxygens (including phenoxy) is 3. The van der Waals surface area contributed by atoms with Crippen molar-refractivity contribution in [2.45, 2.75) is 38.6 Å². The van der Waals surface area contributed by atoms with Gasteiger partial charge in [0.25, 0.3) is 5.91 Å². The van der Waals surface area contributed by atoms with Crippen LogP contribution in [-0.4, -0.2) is 64.8 Å². The highest BCUT2D eigenvalue weighted by Crippen LogP contribution is 2.42. The number of aliphatic hydroxyl groups excluding tert-OH is 1. The lowest BCUT2D eigenvalue weighted by molar-refractivity contribution is -0.277. The number of rotatable bonds is 8. The number of nitrogens with one attached hydrogen (secondary N) is 1. The van der Waals surface area contributed by atoms with E-state index in [9.17, 15) is 9.90 Å². The number of morpholine rings is 1. The Labute approximate surface area is 245 Å². The third-order valence-electron chi connectivity index (χ3n) is 8.05. The maximum absolute atomic E-state index is 12.7. The highest BCUT2D eigenvalue weighted by Gasteiger charge is 2.39. The van der Waals surface area contributed by atoms with E-state index in [0.717, 1.165) is 60.6 Å². The fourth-order valence-electron chi connectivity index (χ4n) is 5.50. The van der Waals surface area contributed by atoms with Crippen molar-refractivity contribution in [3.8, 4) is 0 Å². The van der Waals surface area contributed by atoms with Crippen LogP contribution in [0.15, 0.2) is 79.0 Å². The highest BCUT2D eigenvalue weighted by atomic mass is 16.7. The smallest absolute Gasteiger partial charge is 0.271 e. The van der Waals surface area contributed by atoms with Crippen LogP contribution in [0, 0.1) is 5.92 Å². The Hall–Kier alpha value is -3.73. The first-order valence-electron chi connectivity index (χ1n) is 14.5. The average Bonchev–Trinajstić information content (AvgIpc) is 3.05. The molecule has 0 spiro atoms. The SMILES string of the molecule is C[C@H]1[C@@H](CN2CCOCC2)O[C@@H](c2ccc(CNC(=O)c3cnc4ccccc4n3)cc2)O[C@H]1c1ccc(CO)cc1. The van der Waals surface area contributed by atoms with E-state index >= 15 is 0 Å². The number of carbonyl (C=O) groups excluding carboxylic acids is 1. The molecule has 218 valence electrons. The first-order chi connectivity index (χ1) is 20.6. The van der Waals surface area contributed by atoms with E-state index in [0.29, 0.717) is 12.1 Å². The van der Waals surface area contributed by atoms with Crippen LogP contribution in [-0.2, 0) is 27.4 Å². The molecule has 2 fully saturated rings. The third kappa shape index (κ3) is 6.51. The predicted octanol–water partition coefficient (Wildman–Crippen LogP) is 4.18. The van der Waals surface area contributed by atoms with E-state index in [4.69, 9.17) is 14.2 Å². The molecule has 2 aliphatic rings. The summed E-state index contributed by atoms with van der Waals surface area (Å²) in [6.07, 6.45) is 0.767. The van der Waals surface area contributed by atoms with Crippen molar-refractivity contribution in [3.63, 3.8) is 0 Å². The summed E-state index contributed by atoms with van der Waals surface area (Å²) in [5.74, 6) is -0.150. The molecule has 0 unspecified atom stereocenters. The van der Waals surface area contributed by atoms with Crippen LogP contribution in [0.2, 0.25) is 0 Å². The Kier molecular flexibility index (Phi) is 8.83. The van der Waals surface area contributed by atoms with Gasteiger partial charge in [-0.2, -0.15) is 0 Å². The van der Waals surface area contributed by atoms with Crippen LogP contribution in [0.4, 0.5) is 0 Å². The van der Waals surface area contributed by atoms with Crippen molar-refractivity contribution in [2.24, 2.45) is 5.92 Å². The first kappa shape index (κ1) is 28.4. The number of fused-ring (bicyclic) bond motifs is 1. The molecule has 6 rings (SSSR count). The van der Waals surface area contributed by atoms with Crippen molar-refractivity contribution < 1.29 is 24.1 Å². The topological polar surface area (TPSA) is 106 Å². The maximum atomic E-state index is 12.7. The second kappa shape index (κ2) is 13.1. The number of carbonyl (C=O) groups is 1. The van der Waals surface area contributed by atoms with E-state index in [1.807, 2.05) is 72.8 Å². The van der Waals surface area contributed by atoms with Gasteiger partial charge in [0.2, 0.25) is 0 Å². The maximum Gasteiger partial charge on any atom is 0.271 e. The van der Waals surface area contributed by atoms with Crippen molar-refractivity contribution >= 4 is 16.9 Å². The lowest BCUT2D eigenvalue weighted by atomic mass is 9.90. The van der Waals surface area contributed by atoms with E-state index < -0.39 is 6.29 Å².